The van der Waals surface area contributed by atoms with Crippen molar-refractivity contribution in [1.82, 2.24) is 0 Å². The van der Waals surface area contributed by atoms with Crippen LogP contribution in [0.3, 0.4) is 0 Å². The molecule has 0 fully saturated rings. The molecule has 0 aliphatic rings. The summed E-state index contributed by atoms with van der Waals surface area (Å²) in [5.74, 6) is 0.294. The number of rotatable bonds is 7. The van der Waals surface area contributed by atoms with Crippen molar-refractivity contribution < 1.29 is 9.66 Å². The molecule has 0 heterocycles. The monoisotopic (exact) mass is 361 g/mol. The molecule has 114 valence electrons. The van der Waals surface area contributed by atoms with Crippen LogP contribution in [0.2, 0.25) is 0 Å². The second kappa shape index (κ2) is 8.34. The van der Waals surface area contributed by atoms with Crippen LogP contribution in [0, 0.1) is 10.1 Å². The standard InChI is InChI=1S/C17H16BrNO3/c18-11-5-4-6-14-9-10-17(16(12-14)19(20)21)22-13-15-7-2-1-3-8-15/h1-5,7-10,12H,6,11,13H2/b5-4+. The Hall–Kier alpha value is -2.14. The summed E-state index contributed by atoms with van der Waals surface area (Å²) in [5, 5.41) is 12.0. The lowest BCUT2D eigenvalue weighted by atomic mass is 10.1. The average molecular weight is 362 g/mol. The Kier molecular flexibility index (Phi) is 6.15. The first-order chi connectivity index (χ1) is 10.7. The fourth-order valence-electron chi connectivity index (χ4n) is 1.97. The summed E-state index contributed by atoms with van der Waals surface area (Å²) in [6.07, 6.45) is 4.59. The number of ether oxygens (including phenoxy) is 1. The topological polar surface area (TPSA) is 52.4 Å². The average Bonchev–Trinajstić information content (AvgIpc) is 2.54. The zero-order chi connectivity index (χ0) is 15.8. The zero-order valence-electron chi connectivity index (χ0n) is 11.9. The van der Waals surface area contributed by atoms with Crippen molar-refractivity contribution in [2.45, 2.75) is 13.0 Å². The molecule has 0 atom stereocenters. The molecule has 0 bridgehead atoms. The van der Waals surface area contributed by atoms with Crippen molar-refractivity contribution in [3.05, 3.63) is 81.9 Å². The third-order valence-corrected chi connectivity index (χ3v) is 3.44. The van der Waals surface area contributed by atoms with E-state index in [1.165, 1.54) is 0 Å². The molecule has 4 nitrogen and oxygen atoms in total. The summed E-state index contributed by atoms with van der Waals surface area (Å²) >= 11 is 3.30. The van der Waals surface area contributed by atoms with Crippen LogP contribution < -0.4 is 4.74 Å². The third kappa shape index (κ3) is 4.70. The van der Waals surface area contributed by atoms with E-state index in [2.05, 4.69) is 15.9 Å². The molecule has 0 unspecified atom stereocenters. The Morgan fingerprint density at radius 2 is 1.86 bits per heavy atom. The fraction of sp³-hybridized carbons (Fsp3) is 0.176. The van der Waals surface area contributed by atoms with E-state index >= 15 is 0 Å². The lowest BCUT2D eigenvalue weighted by Crippen LogP contribution is -2.00. The number of nitro groups is 1. The van der Waals surface area contributed by atoms with Gasteiger partial charge in [0.25, 0.3) is 0 Å². The second-order valence-corrected chi connectivity index (χ2v) is 5.31. The highest BCUT2D eigenvalue weighted by Crippen LogP contribution is 2.29. The minimum absolute atomic E-state index is 0.000623. The fourth-order valence-corrected chi connectivity index (χ4v) is 2.24. The van der Waals surface area contributed by atoms with E-state index in [0.717, 1.165) is 16.5 Å². The van der Waals surface area contributed by atoms with Gasteiger partial charge in [0.15, 0.2) is 5.75 Å². The van der Waals surface area contributed by atoms with Crippen LogP contribution in [0.15, 0.2) is 60.7 Å². The Balaban J connectivity index is 2.13. The van der Waals surface area contributed by atoms with Crippen LogP contribution in [0.25, 0.3) is 0 Å². The number of nitro benzene ring substituents is 1. The van der Waals surface area contributed by atoms with Gasteiger partial charge in [-0.3, -0.25) is 10.1 Å². The number of alkyl halides is 1. The number of hydrogen-bond donors (Lipinski definition) is 0. The highest BCUT2D eigenvalue weighted by Gasteiger charge is 2.15. The Labute approximate surface area is 137 Å². The van der Waals surface area contributed by atoms with Crippen LogP contribution in [0.1, 0.15) is 11.1 Å². The van der Waals surface area contributed by atoms with E-state index in [-0.39, 0.29) is 5.69 Å². The molecule has 5 heteroatoms. The minimum Gasteiger partial charge on any atom is -0.482 e. The van der Waals surface area contributed by atoms with Crippen molar-refractivity contribution in [2.75, 3.05) is 5.33 Å². The van der Waals surface area contributed by atoms with Gasteiger partial charge in [0.1, 0.15) is 6.61 Å². The van der Waals surface area contributed by atoms with E-state index < -0.39 is 4.92 Å². The van der Waals surface area contributed by atoms with Gasteiger partial charge in [-0.25, -0.2) is 0 Å². The Bertz CT molecular complexity index is 656. The molecule has 0 aliphatic heterocycles. The SMILES string of the molecule is O=[N+]([O-])c1cc(C/C=C/CBr)ccc1OCc1ccccc1. The summed E-state index contributed by atoms with van der Waals surface area (Å²) in [6, 6.07) is 14.7. The first kappa shape index (κ1) is 16.2. The van der Waals surface area contributed by atoms with Gasteiger partial charge in [0.2, 0.25) is 0 Å². The first-order valence-electron chi connectivity index (χ1n) is 6.85. The molecule has 0 amide bonds. The van der Waals surface area contributed by atoms with E-state index in [1.54, 1.807) is 12.1 Å². The van der Waals surface area contributed by atoms with Crippen molar-refractivity contribution in [1.29, 1.82) is 0 Å². The molecule has 22 heavy (non-hydrogen) atoms. The van der Waals surface area contributed by atoms with Crippen molar-refractivity contribution in [3.8, 4) is 5.75 Å². The van der Waals surface area contributed by atoms with Gasteiger partial charge in [0, 0.05) is 11.4 Å². The van der Waals surface area contributed by atoms with E-state index in [1.807, 2.05) is 48.6 Å². The highest BCUT2D eigenvalue weighted by atomic mass is 79.9. The maximum absolute atomic E-state index is 11.2. The van der Waals surface area contributed by atoms with Crippen molar-refractivity contribution in [2.24, 2.45) is 0 Å². The van der Waals surface area contributed by atoms with Gasteiger partial charge in [-0.1, -0.05) is 64.5 Å². The first-order valence-corrected chi connectivity index (χ1v) is 7.98. The minimum atomic E-state index is -0.405. The molecule has 0 N–H and O–H groups in total. The molecule has 2 aromatic rings. The lowest BCUT2D eigenvalue weighted by molar-refractivity contribution is -0.386. The van der Waals surface area contributed by atoms with Crippen LogP contribution >= 0.6 is 15.9 Å². The zero-order valence-corrected chi connectivity index (χ0v) is 13.5. The maximum atomic E-state index is 11.2. The van der Waals surface area contributed by atoms with Gasteiger partial charge < -0.3 is 4.74 Å². The molecule has 0 saturated heterocycles. The largest absolute Gasteiger partial charge is 0.482 e. The van der Waals surface area contributed by atoms with Crippen LogP contribution in [0.4, 0.5) is 5.69 Å². The van der Waals surface area contributed by atoms with Crippen LogP contribution in [-0.4, -0.2) is 10.3 Å². The molecule has 0 aliphatic carbocycles. The Morgan fingerprint density at radius 3 is 2.55 bits per heavy atom. The summed E-state index contributed by atoms with van der Waals surface area (Å²) in [5.41, 5.74) is 1.86. The van der Waals surface area contributed by atoms with Crippen LogP contribution in [-0.2, 0) is 13.0 Å². The predicted molar refractivity (Wildman–Crippen MR) is 90.5 cm³/mol. The molecule has 2 aromatic carbocycles. The van der Waals surface area contributed by atoms with Gasteiger partial charge >= 0.3 is 5.69 Å². The van der Waals surface area contributed by atoms with Gasteiger partial charge in [-0.2, -0.15) is 0 Å². The smallest absolute Gasteiger partial charge is 0.311 e. The van der Waals surface area contributed by atoms with Gasteiger partial charge in [-0.15, -0.1) is 0 Å². The normalized spacial score (nSPS) is 10.8. The molecule has 0 saturated carbocycles. The third-order valence-electron chi connectivity index (χ3n) is 3.07. The summed E-state index contributed by atoms with van der Waals surface area (Å²) in [7, 11) is 0. The van der Waals surface area contributed by atoms with Crippen LogP contribution in [0.5, 0.6) is 5.75 Å². The second-order valence-electron chi connectivity index (χ2n) is 4.66. The molecular formula is C17H16BrNO3. The number of benzene rings is 2. The molecular weight excluding hydrogens is 346 g/mol. The quantitative estimate of drug-likeness (QED) is 0.311. The maximum Gasteiger partial charge on any atom is 0.311 e. The van der Waals surface area contributed by atoms with Crippen molar-refractivity contribution in [3.63, 3.8) is 0 Å². The van der Waals surface area contributed by atoms with Gasteiger partial charge in [-0.05, 0) is 23.6 Å². The molecule has 0 radical (unpaired) electrons. The number of allylic oxidation sites excluding steroid dienone is 2. The Morgan fingerprint density at radius 1 is 1.09 bits per heavy atom. The number of hydrogen-bond acceptors (Lipinski definition) is 3. The number of halogens is 1. The molecule has 0 spiro atoms. The number of nitrogens with zero attached hydrogens (tertiary/aromatic N) is 1. The van der Waals surface area contributed by atoms with E-state index in [9.17, 15) is 10.1 Å². The van der Waals surface area contributed by atoms with Crippen molar-refractivity contribution >= 4 is 21.6 Å². The summed E-state index contributed by atoms with van der Waals surface area (Å²) < 4.78 is 5.60. The lowest BCUT2D eigenvalue weighted by Gasteiger charge is -2.08. The summed E-state index contributed by atoms with van der Waals surface area (Å²) in [4.78, 5) is 10.8. The summed E-state index contributed by atoms with van der Waals surface area (Å²) in [6.45, 7) is 0.310. The molecule has 2 rings (SSSR count). The predicted octanol–water partition coefficient (Wildman–Crippen LogP) is 4.67. The van der Waals surface area contributed by atoms with Gasteiger partial charge in [0.05, 0.1) is 4.92 Å². The van der Waals surface area contributed by atoms with E-state index in [0.29, 0.717) is 18.8 Å². The highest BCUT2D eigenvalue weighted by molar-refractivity contribution is 9.09. The molecule has 0 aromatic heterocycles. The van der Waals surface area contributed by atoms with E-state index in [4.69, 9.17) is 4.74 Å².